The van der Waals surface area contributed by atoms with E-state index in [1.807, 2.05) is 0 Å². The smallest absolute Gasteiger partial charge is 0.272 e. The van der Waals surface area contributed by atoms with Crippen LogP contribution in [0.25, 0.3) is 0 Å². The highest BCUT2D eigenvalue weighted by atomic mass is 32.2. The molecule has 2 heterocycles. The van der Waals surface area contributed by atoms with Crippen molar-refractivity contribution >= 4 is 15.9 Å². The number of amides is 1. The number of nitrogens with one attached hydrogen (secondary N) is 2. The van der Waals surface area contributed by atoms with Gasteiger partial charge in [-0.25, -0.2) is 8.42 Å². The molecule has 2 aliphatic rings. The van der Waals surface area contributed by atoms with Crippen LogP contribution in [0, 0.1) is 5.92 Å². The van der Waals surface area contributed by atoms with Crippen molar-refractivity contribution in [1.29, 1.82) is 0 Å². The van der Waals surface area contributed by atoms with Crippen LogP contribution in [-0.2, 0) is 22.9 Å². The van der Waals surface area contributed by atoms with Crippen LogP contribution in [0.1, 0.15) is 54.4 Å². The van der Waals surface area contributed by atoms with Gasteiger partial charge in [0, 0.05) is 30.4 Å². The van der Waals surface area contributed by atoms with Crippen molar-refractivity contribution in [3.05, 3.63) is 17.0 Å². The number of sulfonamides is 1. The molecule has 0 saturated carbocycles. The highest BCUT2D eigenvalue weighted by molar-refractivity contribution is 7.88. The Bertz CT molecular complexity index is 713. The molecule has 2 atom stereocenters. The van der Waals surface area contributed by atoms with Crippen LogP contribution in [0.15, 0.2) is 0 Å². The van der Waals surface area contributed by atoms with Crippen molar-refractivity contribution in [2.24, 2.45) is 5.92 Å². The zero-order valence-electron chi connectivity index (χ0n) is 14.3. The van der Waals surface area contributed by atoms with Crippen LogP contribution in [0.5, 0.6) is 0 Å². The maximum atomic E-state index is 12.7. The summed E-state index contributed by atoms with van der Waals surface area (Å²) in [7, 11) is -3.23. The Balaban J connectivity index is 1.74. The Morgan fingerprint density at radius 3 is 2.79 bits per heavy atom. The number of carbonyl (C=O) groups excluding carboxylic acids is 1. The Labute approximate surface area is 143 Å². The number of carbonyl (C=O) groups is 1. The largest absolute Gasteiger partial charge is 0.346 e. The number of fused-ring (bicyclic) bond motifs is 1. The molecule has 7 nitrogen and oxygen atoms in total. The van der Waals surface area contributed by atoms with E-state index in [-0.39, 0.29) is 17.9 Å². The van der Waals surface area contributed by atoms with E-state index in [1.54, 1.807) is 0 Å². The lowest BCUT2D eigenvalue weighted by Crippen LogP contribution is -2.41. The molecule has 134 valence electrons. The molecule has 8 heteroatoms. The van der Waals surface area contributed by atoms with Gasteiger partial charge in [0.15, 0.2) is 5.69 Å². The zero-order chi connectivity index (χ0) is 17.3. The Morgan fingerprint density at radius 1 is 1.33 bits per heavy atom. The number of nitrogens with zero attached hydrogens (tertiary/aromatic N) is 2. The maximum absolute atomic E-state index is 12.7. The van der Waals surface area contributed by atoms with Gasteiger partial charge < -0.3 is 5.32 Å². The number of aryl methyl sites for hydroxylation is 1. The van der Waals surface area contributed by atoms with Crippen molar-refractivity contribution < 1.29 is 13.2 Å². The quantitative estimate of drug-likeness (QED) is 0.827. The number of aromatic nitrogens is 2. The normalized spacial score (nSPS) is 24.8. The van der Waals surface area contributed by atoms with Crippen LogP contribution in [0.3, 0.4) is 0 Å². The first-order valence-corrected chi connectivity index (χ1v) is 10.6. The van der Waals surface area contributed by atoms with Gasteiger partial charge in [0.1, 0.15) is 0 Å². The van der Waals surface area contributed by atoms with E-state index in [0.717, 1.165) is 49.8 Å². The molecule has 0 unspecified atom stereocenters. The topological polar surface area (TPSA) is 95.2 Å². The zero-order valence-corrected chi connectivity index (χ0v) is 15.2. The summed E-state index contributed by atoms with van der Waals surface area (Å²) >= 11 is 0. The van der Waals surface area contributed by atoms with Crippen molar-refractivity contribution in [3.63, 3.8) is 0 Å². The average molecular weight is 354 g/mol. The molecule has 0 aromatic carbocycles. The Kier molecular flexibility index (Phi) is 4.96. The predicted octanol–water partition coefficient (Wildman–Crippen LogP) is 1.08. The monoisotopic (exact) mass is 354 g/mol. The van der Waals surface area contributed by atoms with Gasteiger partial charge in [-0.3, -0.25) is 9.89 Å². The van der Waals surface area contributed by atoms with Gasteiger partial charge in [-0.15, -0.1) is 0 Å². The standard InChI is InChI=1S/C16H26N4O3S/c1-3-6-11-9-20(24(2,22)23)10-14(11)17-16(21)15-12-7-4-5-8-13(12)18-19-15/h11,14H,3-10H2,1-2H3,(H,17,21)(H,18,19)/t11-,14-/m0/s1. The molecule has 1 aromatic heterocycles. The van der Waals surface area contributed by atoms with Gasteiger partial charge in [-0.2, -0.15) is 9.40 Å². The molecular formula is C16H26N4O3S. The molecule has 1 aromatic rings. The number of rotatable bonds is 5. The van der Waals surface area contributed by atoms with E-state index >= 15 is 0 Å². The minimum absolute atomic E-state index is 0.150. The SMILES string of the molecule is CCC[C@H]1CN(S(C)(=O)=O)C[C@@H]1NC(=O)c1n[nH]c2c1CCCC2. The molecule has 2 N–H and O–H groups in total. The lowest BCUT2D eigenvalue weighted by molar-refractivity contribution is 0.0923. The van der Waals surface area contributed by atoms with Gasteiger partial charge in [0.05, 0.1) is 6.26 Å². The van der Waals surface area contributed by atoms with E-state index in [4.69, 9.17) is 0 Å². The highest BCUT2D eigenvalue weighted by Gasteiger charge is 2.38. The second kappa shape index (κ2) is 6.84. The summed E-state index contributed by atoms with van der Waals surface area (Å²) in [4.78, 5) is 12.7. The summed E-state index contributed by atoms with van der Waals surface area (Å²) in [5, 5.41) is 10.2. The maximum Gasteiger partial charge on any atom is 0.272 e. The summed E-state index contributed by atoms with van der Waals surface area (Å²) in [6, 6.07) is -0.150. The molecule has 1 aliphatic heterocycles. The van der Waals surface area contributed by atoms with Crippen LogP contribution in [-0.4, -0.2) is 54.2 Å². The van der Waals surface area contributed by atoms with Gasteiger partial charge in [0.25, 0.3) is 5.91 Å². The number of aromatic amines is 1. The highest BCUT2D eigenvalue weighted by Crippen LogP contribution is 2.25. The number of hydrogen-bond acceptors (Lipinski definition) is 4. The Hall–Kier alpha value is -1.41. The molecular weight excluding hydrogens is 328 g/mol. The summed E-state index contributed by atoms with van der Waals surface area (Å²) in [6.45, 7) is 2.91. The Morgan fingerprint density at radius 2 is 2.08 bits per heavy atom. The third kappa shape index (κ3) is 3.49. The second-order valence-electron chi connectivity index (χ2n) is 6.95. The summed E-state index contributed by atoms with van der Waals surface area (Å²) in [5.74, 6) is -0.0284. The van der Waals surface area contributed by atoms with E-state index < -0.39 is 10.0 Å². The van der Waals surface area contributed by atoms with Crippen LogP contribution in [0.4, 0.5) is 0 Å². The first-order chi connectivity index (χ1) is 11.4. The fourth-order valence-electron chi connectivity index (χ4n) is 3.83. The van der Waals surface area contributed by atoms with Gasteiger partial charge in [-0.05, 0) is 38.0 Å². The van der Waals surface area contributed by atoms with Crippen LogP contribution in [0.2, 0.25) is 0 Å². The minimum atomic E-state index is -3.23. The first kappa shape index (κ1) is 17.4. The molecule has 1 saturated heterocycles. The van der Waals surface area contributed by atoms with E-state index in [1.165, 1.54) is 10.6 Å². The molecule has 24 heavy (non-hydrogen) atoms. The van der Waals surface area contributed by atoms with Crippen molar-refractivity contribution in [2.75, 3.05) is 19.3 Å². The third-order valence-electron chi connectivity index (χ3n) is 5.12. The molecule has 1 fully saturated rings. The molecule has 0 spiro atoms. The van der Waals surface area contributed by atoms with Gasteiger partial charge >= 0.3 is 0 Å². The van der Waals surface area contributed by atoms with Gasteiger partial charge in [0.2, 0.25) is 10.0 Å². The molecule has 3 rings (SSSR count). The molecule has 0 radical (unpaired) electrons. The predicted molar refractivity (Wildman–Crippen MR) is 91.3 cm³/mol. The third-order valence-corrected chi connectivity index (χ3v) is 6.36. The lowest BCUT2D eigenvalue weighted by atomic mass is 9.95. The number of hydrogen-bond donors (Lipinski definition) is 2. The van der Waals surface area contributed by atoms with Crippen molar-refractivity contribution in [2.45, 2.75) is 51.5 Å². The summed E-state index contributed by atoms with van der Waals surface area (Å²) in [6.07, 6.45) is 7.12. The van der Waals surface area contributed by atoms with Crippen molar-refractivity contribution in [3.8, 4) is 0 Å². The van der Waals surface area contributed by atoms with Crippen molar-refractivity contribution in [1.82, 2.24) is 19.8 Å². The van der Waals surface area contributed by atoms with E-state index in [0.29, 0.717) is 18.8 Å². The molecule has 1 amide bonds. The molecule has 1 aliphatic carbocycles. The van der Waals surface area contributed by atoms with Gasteiger partial charge in [-0.1, -0.05) is 13.3 Å². The first-order valence-electron chi connectivity index (χ1n) is 8.72. The second-order valence-corrected chi connectivity index (χ2v) is 8.93. The van der Waals surface area contributed by atoms with Crippen LogP contribution >= 0.6 is 0 Å². The molecule has 0 bridgehead atoms. The average Bonchev–Trinajstić information content (AvgIpc) is 3.12. The van der Waals surface area contributed by atoms with Crippen LogP contribution < -0.4 is 5.32 Å². The lowest BCUT2D eigenvalue weighted by Gasteiger charge is -2.19. The fraction of sp³-hybridized carbons (Fsp3) is 0.750. The fourth-order valence-corrected chi connectivity index (χ4v) is 4.73. The summed E-state index contributed by atoms with van der Waals surface area (Å²) in [5.41, 5.74) is 2.59. The van der Waals surface area contributed by atoms with E-state index in [2.05, 4.69) is 22.4 Å². The van der Waals surface area contributed by atoms with E-state index in [9.17, 15) is 13.2 Å². The summed E-state index contributed by atoms with van der Waals surface area (Å²) < 4.78 is 25.1. The minimum Gasteiger partial charge on any atom is -0.346 e. The number of H-pyrrole nitrogens is 1.